The second-order valence-electron chi connectivity index (χ2n) is 6.75. The largest absolute Gasteiger partial charge is 0.325 e. The molecule has 3 rings (SSSR count). The minimum absolute atomic E-state index is 0.00606. The average molecular weight is 383 g/mol. The van der Waals surface area contributed by atoms with E-state index in [9.17, 15) is 9.59 Å². The van der Waals surface area contributed by atoms with Gasteiger partial charge in [-0.25, -0.2) is 0 Å². The quantitative estimate of drug-likeness (QED) is 0.747. The Kier molecular flexibility index (Phi) is 6.22. The van der Waals surface area contributed by atoms with Gasteiger partial charge in [0.2, 0.25) is 11.8 Å². The highest BCUT2D eigenvalue weighted by molar-refractivity contribution is 7.98. The van der Waals surface area contributed by atoms with Gasteiger partial charge in [-0.15, -0.1) is 11.8 Å². The molecule has 1 atom stereocenters. The molecule has 5 heteroatoms. The molecule has 1 fully saturated rings. The van der Waals surface area contributed by atoms with Crippen molar-refractivity contribution in [3.05, 3.63) is 53.6 Å². The van der Waals surface area contributed by atoms with Gasteiger partial charge < -0.3 is 10.2 Å². The maximum absolute atomic E-state index is 12.9. The van der Waals surface area contributed by atoms with Gasteiger partial charge >= 0.3 is 0 Å². The molecule has 0 radical (unpaired) electrons. The maximum atomic E-state index is 12.9. The number of anilines is 2. The molecule has 4 nitrogen and oxygen atoms in total. The molecule has 0 spiro atoms. The van der Waals surface area contributed by atoms with Crippen LogP contribution in [-0.2, 0) is 22.4 Å². The monoisotopic (exact) mass is 382 g/mol. The molecule has 1 aliphatic heterocycles. The lowest BCUT2D eigenvalue weighted by molar-refractivity contribution is -0.122. The molecule has 1 unspecified atom stereocenters. The Morgan fingerprint density at radius 3 is 2.30 bits per heavy atom. The van der Waals surface area contributed by atoms with Gasteiger partial charge in [0.15, 0.2) is 0 Å². The van der Waals surface area contributed by atoms with Gasteiger partial charge in [0.05, 0.1) is 5.92 Å². The van der Waals surface area contributed by atoms with E-state index in [4.69, 9.17) is 0 Å². The number of nitrogens with one attached hydrogen (secondary N) is 1. The fourth-order valence-electron chi connectivity index (χ4n) is 3.52. The number of hydrogen-bond acceptors (Lipinski definition) is 3. The van der Waals surface area contributed by atoms with Crippen molar-refractivity contribution in [2.45, 2.75) is 38.0 Å². The number of amides is 2. The van der Waals surface area contributed by atoms with Crippen molar-refractivity contribution in [2.75, 3.05) is 23.0 Å². The lowest BCUT2D eigenvalue weighted by Gasteiger charge is -2.18. The van der Waals surface area contributed by atoms with Crippen LogP contribution >= 0.6 is 11.8 Å². The van der Waals surface area contributed by atoms with Crippen LogP contribution in [0.15, 0.2) is 47.4 Å². The maximum Gasteiger partial charge on any atom is 0.229 e. The SMILES string of the molecule is CCc1cccc(CC)c1NC(=O)C1CC(=O)N(c2ccc(SC)cc2)C1. The first-order chi connectivity index (χ1) is 13.1. The highest BCUT2D eigenvalue weighted by atomic mass is 32.2. The summed E-state index contributed by atoms with van der Waals surface area (Å²) in [7, 11) is 0. The third kappa shape index (κ3) is 4.19. The third-order valence-electron chi connectivity index (χ3n) is 5.13. The summed E-state index contributed by atoms with van der Waals surface area (Å²) in [4.78, 5) is 28.2. The van der Waals surface area contributed by atoms with Gasteiger partial charge in [0.25, 0.3) is 0 Å². The van der Waals surface area contributed by atoms with Crippen molar-refractivity contribution in [3.63, 3.8) is 0 Å². The Bertz CT molecular complexity index is 810. The molecule has 2 aromatic carbocycles. The number of aryl methyl sites for hydroxylation is 2. The lowest BCUT2D eigenvalue weighted by Crippen LogP contribution is -2.28. The standard InChI is InChI=1S/C22H26N2O2S/c1-4-15-7-6-8-16(5-2)21(15)23-22(26)17-13-20(25)24(14-17)18-9-11-19(27-3)12-10-18/h6-12,17H,4-5,13-14H2,1-3H3,(H,23,26). The molecule has 142 valence electrons. The second-order valence-corrected chi connectivity index (χ2v) is 7.63. The molecule has 2 aromatic rings. The minimum atomic E-state index is -0.327. The first-order valence-electron chi connectivity index (χ1n) is 9.43. The number of rotatable bonds is 6. The van der Waals surface area contributed by atoms with Crippen LogP contribution in [0, 0.1) is 5.92 Å². The van der Waals surface area contributed by atoms with Crippen molar-refractivity contribution in [1.82, 2.24) is 0 Å². The van der Waals surface area contributed by atoms with Crippen LogP contribution in [0.5, 0.6) is 0 Å². The van der Waals surface area contributed by atoms with E-state index in [1.54, 1.807) is 16.7 Å². The van der Waals surface area contributed by atoms with E-state index in [2.05, 4.69) is 19.2 Å². The zero-order valence-corrected chi connectivity index (χ0v) is 16.9. The molecule has 0 aliphatic carbocycles. The number of thioether (sulfide) groups is 1. The Morgan fingerprint density at radius 2 is 1.74 bits per heavy atom. The molecule has 1 N–H and O–H groups in total. The predicted molar refractivity (Wildman–Crippen MR) is 113 cm³/mol. The number of hydrogen-bond donors (Lipinski definition) is 1. The molecule has 2 amide bonds. The topological polar surface area (TPSA) is 49.4 Å². The summed E-state index contributed by atoms with van der Waals surface area (Å²) in [6.07, 6.45) is 4.00. The average Bonchev–Trinajstić information content (AvgIpc) is 3.10. The van der Waals surface area contributed by atoms with Gasteiger partial charge in [-0.1, -0.05) is 32.0 Å². The summed E-state index contributed by atoms with van der Waals surface area (Å²) in [6, 6.07) is 14.0. The van der Waals surface area contributed by atoms with Crippen LogP contribution in [0.2, 0.25) is 0 Å². The van der Waals surface area contributed by atoms with E-state index in [0.717, 1.165) is 40.2 Å². The zero-order valence-electron chi connectivity index (χ0n) is 16.1. The molecular weight excluding hydrogens is 356 g/mol. The summed E-state index contributed by atoms with van der Waals surface area (Å²) in [5.74, 6) is -0.388. The van der Waals surface area contributed by atoms with Crippen molar-refractivity contribution in [2.24, 2.45) is 5.92 Å². The molecular formula is C22H26N2O2S. The van der Waals surface area contributed by atoms with Gasteiger partial charge in [0, 0.05) is 29.2 Å². The summed E-state index contributed by atoms with van der Waals surface area (Å²) in [6.45, 7) is 4.60. The third-order valence-corrected chi connectivity index (χ3v) is 5.87. The number of carbonyl (C=O) groups excluding carboxylic acids is 2. The highest BCUT2D eigenvalue weighted by Crippen LogP contribution is 2.29. The minimum Gasteiger partial charge on any atom is -0.325 e. The van der Waals surface area contributed by atoms with Gasteiger partial charge in [-0.3, -0.25) is 9.59 Å². The van der Waals surface area contributed by atoms with Crippen LogP contribution in [0.3, 0.4) is 0 Å². The molecule has 0 saturated carbocycles. The van der Waals surface area contributed by atoms with Crippen LogP contribution in [0.25, 0.3) is 0 Å². The van der Waals surface area contributed by atoms with E-state index in [1.165, 1.54) is 0 Å². The Labute approximate surface area is 165 Å². The molecule has 1 saturated heterocycles. The highest BCUT2D eigenvalue weighted by Gasteiger charge is 2.35. The molecule has 0 aromatic heterocycles. The first-order valence-corrected chi connectivity index (χ1v) is 10.7. The van der Waals surface area contributed by atoms with E-state index in [-0.39, 0.29) is 24.2 Å². The van der Waals surface area contributed by atoms with Crippen LogP contribution < -0.4 is 10.2 Å². The number of nitrogens with zero attached hydrogens (tertiary/aromatic N) is 1. The van der Waals surface area contributed by atoms with E-state index in [0.29, 0.717) is 6.54 Å². The van der Waals surface area contributed by atoms with Crippen molar-refractivity contribution in [1.29, 1.82) is 0 Å². The Morgan fingerprint density at radius 1 is 1.11 bits per heavy atom. The number of carbonyl (C=O) groups is 2. The summed E-state index contributed by atoms with van der Waals surface area (Å²) in [5.41, 5.74) is 4.05. The molecule has 1 heterocycles. The van der Waals surface area contributed by atoms with Crippen LogP contribution in [0.4, 0.5) is 11.4 Å². The van der Waals surface area contributed by atoms with Gasteiger partial charge in [-0.05, 0) is 54.5 Å². The van der Waals surface area contributed by atoms with Crippen molar-refractivity contribution < 1.29 is 9.59 Å². The zero-order chi connectivity index (χ0) is 19.4. The number of para-hydroxylation sites is 1. The van der Waals surface area contributed by atoms with E-state index >= 15 is 0 Å². The fraction of sp³-hybridized carbons (Fsp3) is 0.364. The summed E-state index contributed by atoms with van der Waals surface area (Å²) < 4.78 is 0. The molecule has 0 bridgehead atoms. The lowest BCUT2D eigenvalue weighted by atomic mass is 10.0. The second kappa shape index (κ2) is 8.61. The fourth-order valence-corrected chi connectivity index (χ4v) is 3.93. The van der Waals surface area contributed by atoms with E-state index in [1.807, 2.05) is 48.7 Å². The van der Waals surface area contributed by atoms with Crippen molar-refractivity contribution in [3.8, 4) is 0 Å². The van der Waals surface area contributed by atoms with Crippen LogP contribution in [0.1, 0.15) is 31.4 Å². The Hall–Kier alpha value is -2.27. The Balaban J connectivity index is 1.74. The normalized spacial score (nSPS) is 16.6. The summed E-state index contributed by atoms with van der Waals surface area (Å²) in [5, 5.41) is 3.11. The smallest absolute Gasteiger partial charge is 0.229 e. The first kappa shape index (κ1) is 19.5. The number of benzene rings is 2. The van der Waals surface area contributed by atoms with Crippen molar-refractivity contribution >= 4 is 35.0 Å². The molecule has 1 aliphatic rings. The van der Waals surface area contributed by atoms with E-state index < -0.39 is 0 Å². The summed E-state index contributed by atoms with van der Waals surface area (Å²) >= 11 is 1.67. The van der Waals surface area contributed by atoms with Gasteiger partial charge in [-0.2, -0.15) is 0 Å². The predicted octanol–water partition coefficient (Wildman–Crippen LogP) is 4.52. The van der Waals surface area contributed by atoms with Gasteiger partial charge in [0.1, 0.15) is 0 Å². The molecule has 27 heavy (non-hydrogen) atoms. The van der Waals surface area contributed by atoms with Crippen LogP contribution in [-0.4, -0.2) is 24.6 Å².